The van der Waals surface area contributed by atoms with Gasteiger partial charge in [-0.05, 0) is 43.2 Å². The minimum atomic E-state index is 0.0888. The molecule has 0 bridgehead atoms. The van der Waals surface area contributed by atoms with Crippen molar-refractivity contribution in [3.05, 3.63) is 29.8 Å². The molecule has 98 valence electrons. The van der Waals surface area contributed by atoms with E-state index in [0.717, 1.165) is 30.7 Å². The summed E-state index contributed by atoms with van der Waals surface area (Å²) in [4.78, 5) is 12.0. The first-order chi connectivity index (χ1) is 8.69. The molecule has 3 nitrogen and oxygen atoms in total. The smallest absolute Gasteiger partial charge is 0.227 e. The first kappa shape index (κ1) is 13.4. The van der Waals surface area contributed by atoms with Gasteiger partial charge in [-0.25, -0.2) is 0 Å². The average Bonchev–Trinajstić information content (AvgIpc) is 2.79. The fourth-order valence-corrected chi connectivity index (χ4v) is 2.88. The van der Waals surface area contributed by atoms with Crippen molar-refractivity contribution in [2.75, 3.05) is 11.6 Å². The molecular weight excluding hydrogens is 244 g/mol. The fraction of sp³-hybridized carbons (Fsp3) is 0.500. The highest BCUT2D eigenvalue weighted by Crippen LogP contribution is 2.25. The third-order valence-corrected chi connectivity index (χ3v) is 4.00. The molecule has 2 rings (SSSR count). The van der Waals surface area contributed by atoms with E-state index in [9.17, 15) is 4.79 Å². The van der Waals surface area contributed by atoms with Gasteiger partial charge >= 0.3 is 0 Å². The van der Waals surface area contributed by atoms with Gasteiger partial charge in [0, 0.05) is 23.4 Å². The molecule has 4 heteroatoms. The van der Waals surface area contributed by atoms with Gasteiger partial charge in [-0.3, -0.25) is 4.79 Å². The van der Waals surface area contributed by atoms with E-state index in [1.54, 1.807) is 11.8 Å². The lowest BCUT2D eigenvalue weighted by atomic mass is 10.1. The lowest BCUT2D eigenvalue weighted by molar-refractivity contribution is -0.119. The van der Waals surface area contributed by atoms with Crippen LogP contribution >= 0.6 is 11.8 Å². The van der Waals surface area contributed by atoms with Crippen LogP contribution in [-0.4, -0.2) is 18.2 Å². The zero-order valence-corrected chi connectivity index (χ0v) is 11.5. The van der Waals surface area contributed by atoms with E-state index in [-0.39, 0.29) is 17.9 Å². The van der Waals surface area contributed by atoms with E-state index in [4.69, 9.17) is 5.73 Å². The number of thioether (sulfide) groups is 1. The number of carbonyl (C=O) groups is 1. The van der Waals surface area contributed by atoms with E-state index in [2.05, 4.69) is 23.7 Å². The zero-order valence-electron chi connectivity index (χ0n) is 10.7. The van der Waals surface area contributed by atoms with Gasteiger partial charge in [0.25, 0.3) is 0 Å². The van der Waals surface area contributed by atoms with Gasteiger partial charge in [-0.2, -0.15) is 11.8 Å². The van der Waals surface area contributed by atoms with Crippen LogP contribution < -0.4 is 11.1 Å². The zero-order chi connectivity index (χ0) is 13.0. The van der Waals surface area contributed by atoms with Crippen LogP contribution in [0.5, 0.6) is 0 Å². The van der Waals surface area contributed by atoms with Crippen molar-refractivity contribution in [3.63, 3.8) is 0 Å². The number of nitrogens with one attached hydrogen (secondary N) is 1. The van der Waals surface area contributed by atoms with Gasteiger partial charge in [0.2, 0.25) is 5.91 Å². The summed E-state index contributed by atoms with van der Waals surface area (Å²) in [6.07, 6.45) is 4.78. The molecule has 0 spiro atoms. The summed E-state index contributed by atoms with van der Waals surface area (Å²) in [6.45, 7) is 0. The Labute approximate surface area is 113 Å². The standard InChI is InChI=1S/C14H20N2OS/c1-18-9-10-2-6-13(7-3-10)16-14(17)11-4-5-12(15)8-11/h2-3,6-7,11-12H,4-5,8-9,15H2,1H3,(H,16,17). The lowest BCUT2D eigenvalue weighted by Crippen LogP contribution is -2.23. The molecule has 2 unspecified atom stereocenters. The summed E-state index contributed by atoms with van der Waals surface area (Å²) in [6, 6.07) is 8.26. The van der Waals surface area contributed by atoms with Crippen LogP contribution in [0.25, 0.3) is 0 Å². The number of benzene rings is 1. The molecule has 0 aliphatic heterocycles. The topological polar surface area (TPSA) is 55.1 Å². The minimum Gasteiger partial charge on any atom is -0.328 e. The lowest BCUT2D eigenvalue weighted by Gasteiger charge is -2.11. The van der Waals surface area contributed by atoms with Gasteiger partial charge in [-0.1, -0.05) is 12.1 Å². The van der Waals surface area contributed by atoms with E-state index < -0.39 is 0 Å². The van der Waals surface area contributed by atoms with Crippen LogP contribution in [0.2, 0.25) is 0 Å². The molecule has 3 N–H and O–H groups in total. The molecule has 18 heavy (non-hydrogen) atoms. The first-order valence-corrected chi connectivity index (χ1v) is 7.72. The van der Waals surface area contributed by atoms with Gasteiger partial charge in [0.05, 0.1) is 0 Å². The van der Waals surface area contributed by atoms with Crippen LogP contribution in [-0.2, 0) is 10.5 Å². The largest absolute Gasteiger partial charge is 0.328 e. The Kier molecular flexibility index (Phi) is 4.66. The SMILES string of the molecule is CSCc1ccc(NC(=O)C2CCC(N)C2)cc1. The molecule has 1 aliphatic rings. The minimum absolute atomic E-state index is 0.0888. The maximum Gasteiger partial charge on any atom is 0.227 e. The summed E-state index contributed by atoms with van der Waals surface area (Å²) < 4.78 is 0. The van der Waals surface area contributed by atoms with Crippen LogP contribution in [0.15, 0.2) is 24.3 Å². The summed E-state index contributed by atoms with van der Waals surface area (Å²) in [7, 11) is 0. The molecule has 0 radical (unpaired) electrons. The van der Waals surface area contributed by atoms with Gasteiger partial charge < -0.3 is 11.1 Å². The first-order valence-electron chi connectivity index (χ1n) is 6.33. The molecule has 1 fully saturated rings. The molecular formula is C14H20N2OS. The number of carbonyl (C=O) groups excluding carboxylic acids is 1. The van der Waals surface area contributed by atoms with E-state index >= 15 is 0 Å². The predicted molar refractivity (Wildman–Crippen MR) is 77.6 cm³/mol. The quantitative estimate of drug-likeness (QED) is 0.879. The molecule has 1 aromatic rings. The Balaban J connectivity index is 1.90. The average molecular weight is 264 g/mol. The molecule has 1 amide bonds. The highest BCUT2D eigenvalue weighted by Gasteiger charge is 2.27. The predicted octanol–water partition coefficient (Wildman–Crippen LogP) is 2.62. The highest BCUT2D eigenvalue weighted by atomic mass is 32.2. The maximum atomic E-state index is 12.0. The van der Waals surface area contributed by atoms with Gasteiger partial charge in [0.15, 0.2) is 0 Å². The molecule has 0 aromatic heterocycles. The summed E-state index contributed by atoms with van der Waals surface area (Å²) in [5.41, 5.74) is 7.99. The second kappa shape index (κ2) is 6.25. The molecule has 0 saturated heterocycles. The van der Waals surface area contributed by atoms with E-state index in [1.807, 2.05) is 12.1 Å². The van der Waals surface area contributed by atoms with E-state index in [1.165, 1.54) is 5.56 Å². The maximum absolute atomic E-state index is 12.0. The number of hydrogen-bond acceptors (Lipinski definition) is 3. The number of hydrogen-bond donors (Lipinski definition) is 2. The Morgan fingerprint density at radius 1 is 1.39 bits per heavy atom. The monoisotopic (exact) mass is 264 g/mol. The second-order valence-electron chi connectivity index (χ2n) is 4.89. The third-order valence-electron chi connectivity index (χ3n) is 3.38. The Hall–Kier alpha value is -1.00. The van der Waals surface area contributed by atoms with Crippen LogP contribution in [0, 0.1) is 5.92 Å². The van der Waals surface area contributed by atoms with E-state index in [0.29, 0.717) is 0 Å². The van der Waals surface area contributed by atoms with Crippen molar-refractivity contribution in [1.29, 1.82) is 0 Å². The molecule has 1 saturated carbocycles. The normalized spacial score (nSPS) is 23.0. The van der Waals surface area contributed by atoms with Gasteiger partial charge in [-0.15, -0.1) is 0 Å². The van der Waals surface area contributed by atoms with Crippen molar-refractivity contribution < 1.29 is 4.79 Å². The number of amides is 1. The van der Waals surface area contributed by atoms with Crippen molar-refractivity contribution in [3.8, 4) is 0 Å². The van der Waals surface area contributed by atoms with Crippen LogP contribution in [0.4, 0.5) is 5.69 Å². The van der Waals surface area contributed by atoms with Crippen LogP contribution in [0.1, 0.15) is 24.8 Å². The van der Waals surface area contributed by atoms with Crippen molar-refractivity contribution in [2.24, 2.45) is 11.7 Å². The Morgan fingerprint density at radius 2 is 2.11 bits per heavy atom. The molecule has 0 heterocycles. The number of anilines is 1. The Morgan fingerprint density at radius 3 is 2.67 bits per heavy atom. The fourth-order valence-electron chi connectivity index (χ4n) is 2.35. The second-order valence-corrected chi connectivity index (χ2v) is 5.76. The van der Waals surface area contributed by atoms with Crippen LogP contribution in [0.3, 0.4) is 0 Å². The summed E-state index contributed by atoms with van der Waals surface area (Å²) >= 11 is 1.79. The van der Waals surface area contributed by atoms with Crippen molar-refractivity contribution in [1.82, 2.24) is 0 Å². The number of nitrogens with two attached hydrogens (primary N) is 1. The molecule has 1 aliphatic carbocycles. The summed E-state index contributed by atoms with van der Waals surface area (Å²) in [5, 5.41) is 2.97. The number of rotatable bonds is 4. The highest BCUT2D eigenvalue weighted by molar-refractivity contribution is 7.97. The van der Waals surface area contributed by atoms with Gasteiger partial charge in [0.1, 0.15) is 0 Å². The van der Waals surface area contributed by atoms with Crippen molar-refractivity contribution in [2.45, 2.75) is 31.1 Å². The molecule has 1 aromatic carbocycles. The summed E-state index contributed by atoms with van der Waals surface area (Å²) in [5.74, 6) is 1.21. The Bertz CT molecular complexity index is 405. The molecule has 2 atom stereocenters. The third kappa shape index (κ3) is 3.50. The van der Waals surface area contributed by atoms with Crippen molar-refractivity contribution >= 4 is 23.4 Å².